The normalized spacial score (nSPS) is 10.2. The van der Waals surface area contributed by atoms with Gasteiger partial charge in [-0.25, -0.2) is 4.39 Å². The molecule has 2 N–H and O–H groups in total. The van der Waals surface area contributed by atoms with Crippen LogP contribution in [-0.4, -0.2) is 24.9 Å². The topological polar surface area (TPSA) is 46.3 Å². The van der Waals surface area contributed by atoms with Crippen molar-refractivity contribution in [1.29, 1.82) is 0 Å². The van der Waals surface area contributed by atoms with Gasteiger partial charge in [-0.3, -0.25) is 4.79 Å². The zero-order chi connectivity index (χ0) is 14.7. The van der Waals surface area contributed by atoms with Crippen molar-refractivity contribution in [1.82, 2.24) is 4.90 Å². The van der Waals surface area contributed by atoms with E-state index in [1.165, 1.54) is 29.2 Å². The fourth-order valence-electron chi connectivity index (χ4n) is 1.09. The summed E-state index contributed by atoms with van der Waals surface area (Å²) < 4.78 is 12.6. The van der Waals surface area contributed by atoms with Gasteiger partial charge in [0, 0.05) is 14.1 Å². The summed E-state index contributed by atoms with van der Waals surface area (Å²) in [7, 11) is 3.26. The highest BCUT2D eigenvalue weighted by Gasteiger charge is 2.16. The zero-order valence-electron chi connectivity index (χ0n) is 12.2. The van der Waals surface area contributed by atoms with Crippen LogP contribution in [0.25, 0.3) is 0 Å². The fourth-order valence-corrected chi connectivity index (χ4v) is 1.09. The molecule has 0 saturated carbocycles. The lowest BCUT2D eigenvalue weighted by atomic mass is 10.1. The maximum atomic E-state index is 12.6. The molecule has 1 rings (SSSR count). The first-order chi connectivity index (χ1) is 8.52. The van der Waals surface area contributed by atoms with Crippen LogP contribution in [-0.2, 0) is 4.79 Å². The summed E-state index contributed by atoms with van der Waals surface area (Å²) in [5.41, 5.74) is 6.29. The summed E-state index contributed by atoms with van der Waals surface area (Å²) in [6, 6.07) is 4.89. The van der Waals surface area contributed by atoms with Gasteiger partial charge in [-0.1, -0.05) is 39.8 Å². The number of hydrogen-bond acceptors (Lipinski definition) is 2. The lowest BCUT2D eigenvalue weighted by Gasteiger charge is -2.16. The Morgan fingerprint density at radius 1 is 1.11 bits per heavy atom. The van der Waals surface area contributed by atoms with Crippen LogP contribution >= 0.6 is 0 Å². The van der Waals surface area contributed by atoms with Gasteiger partial charge in [-0.2, -0.15) is 0 Å². The molecule has 104 valence electrons. The first kappa shape index (κ1) is 18.9. The Balaban J connectivity index is 0. The molecule has 3 nitrogen and oxygen atoms in total. The molecule has 0 spiro atoms. The number of likely N-dealkylation sites (N-methyl/N-ethyl adjacent to an activating group) is 1. The molecule has 18 heavy (non-hydrogen) atoms. The third-order valence-corrected chi connectivity index (χ3v) is 1.94. The van der Waals surface area contributed by atoms with Gasteiger partial charge in [0.2, 0.25) is 5.91 Å². The number of nitrogens with two attached hydrogens (primary N) is 1. The summed E-state index contributed by atoms with van der Waals surface area (Å²) in [6.07, 6.45) is 0. The van der Waals surface area contributed by atoms with E-state index in [-0.39, 0.29) is 11.7 Å². The first-order valence-electron chi connectivity index (χ1n) is 6.24. The number of carbonyl (C=O) groups excluding carboxylic acids is 1. The second-order valence-electron chi connectivity index (χ2n) is 3.26. The van der Waals surface area contributed by atoms with Crippen LogP contribution in [0.1, 0.15) is 39.3 Å². The number of carbonyl (C=O) groups is 1. The molecule has 1 unspecified atom stereocenters. The van der Waals surface area contributed by atoms with Crippen molar-refractivity contribution in [2.75, 3.05) is 14.1 Å². The summed E-state index contributed by atoms with van der Waals surface area (Å²) in [5.74, 6) is -0.533. The predicted octanol–water partition coefficient (Wildman–Crippen LogP) is 2.97. The average Bonchev–Trinajstić information content (AvgIpc) is 2.42. The molecule has 0 radical (unpaired) electrons. The van der Waals surface area contributed by atoms with Crippen molar-refractivity contribution in [2.45, 2.75) is 33.7 Å². The van der Waals surface area contributed by atoms with Gasteiger partial charge >= 0.3 is 0 Å². The van der Waals surface area contributed by atoms with Crippen LogP contribution in [0.15, 0.2) is 24.3 Å². The minimum atomic E-state index is -0.717. The Bertz CT molecular complexity index is 323. The standard InChI is InChI=1S/C10H13FN2O.2C2H6/c1-13(2)10(14)9(12)7-3-5-8(11)6-4-7;2*1-2/h3-6,9H,12H2,1-2H3;2*1-2H3. The van der Waals surface area contributed by atoms with E-state index in [1.807, 2.05) is 27.7 Å². The highest BCUT2D eigenvalue weighted by atomic mass is 19.1. The lowest BCUT2D eigenvalue weighted by Crippen LogP contribution is -2.33. The third-order valence-electron chi connectivity index (χ3n) is 1.94. The van der Waals surface area contributed by atoms with Crippen molar-refractivity contribution in [3.05, 3.63) is 35.6 Å². The van der Waals surface area contributed by atoms with Crippen molar-refractivity contribution >= 4 is 5.91 Å². The van der Waals surface area contributed by atoms with E-state index in [1.54, 1.807) is 14.1 Å². The molecule has 4 heteroatoms. The second kappa shape index (κ2) is 10.7. The van der Waals surface area contributed by atoms with E-state index in [0.717, 1.165) is 0 Å². The monoisotopic (exact) mass is 256 g/mol. The minimum Gasteiger partial charge on any atom is -0.347 e. The molecular formula is C14H25FN2O. The number of rotatable bonds is 2. The van der Waals surface area contributed by atoms with Crippen molar-refractivity contribution in [3.63, 3.8) is 0 Å². The van der Waals surface area contributed by atoms with Crippen molar-refractivity contribution in [2.24, 2.45) is 5.73 Å². The molecule has 0 aromatic heterocycles. The van der Waals surface area contributed by atoms with Crippen LogP contribution in [0.4, 0.5) is 4.39 Å². The molecule has 0 aliphatic carbocycles. The summed E-state index contributed by atoms with van der Waals surface area (Å²) in [5, 5.41) is 0. The summed E-state index contributed by atoms with van der Waals surface area (Å²) in [6.45, 7) is 8.00. The van der Waals surface area contributed by atoms with Gasteiger partial charge in [-0.05, 0) is 17.7 Å². The number of nitrogens with zero attached hydrogens (tertiary/aromatic N) is 1. The Hall–Kier alpha value is -1.42. The Kier molecular flexibility index (Phi) is 11.3. The smallest absolute Gasteiger partial charge is 0.243 e. The molecular weight excluding hydrogens is 231 g/mol. The van der Waals surface area contributed by atoms with Gasteiger partial charge < -0.3 is 10.6 Å². The van der Waals surface area contributed by atoms with Gasteiger partial charge in [0.25, 0.3) is 0 Å². The van der Waals surface area contributed by atoms with Gasteiger partial charge in [-0.15, -0.1) is 0 Å². The van der Waals surface area contributed by atoms with E-state index in [2.05, 4.69) is 0 Å². The number of halogens is 1. The third kappa shape index (κ3) is 6.35. The molecule has 1 aromatic carbocycles. The Morgan fingerprint density at radius 3 is 1.83 bits per heavy atom. The van der Waals surface area contributed by atoms with Crippen molar-refractivity contribution in [3.8, 4) is 0 Å². The predicted molar refractivity (Wildman–Crippen MR) is 74.7 cm³/mol. The summed E-state index contributed by atoms with van der Waals surface area (Å²) in [4.78, 5) is 12.8. The molecule has 0 heterocycles. The second-order valence-corrected chi connectivity index (χ2v) is 3.26. The van der Waals surface area contributed by atoms with Crippen LogP contribution in [0.2, 0.25) is 0 Å². The average molecular weight is 256 g/mol. The largest absolute Gasteiger partial charge is 0.347 e. The number of benzene rings is 1. The Morgan fingerprint density at radius 2 is 1.50 bits per heavy atom. The van der Waals surface area contributed by atoms with Gasteiger partial charge in [0.1, 0.15) is 11.9 Å². The molecule has 1 atom stereocenters. The van der Waals surface area contributed by atoms with Crippen molar-refractivity contribution < 1.29 is 9.18 Å². The van der Waals surface area contributed by atoms with E-state index >= 15 is 0 Å². The summed E-state index contributed by atoms with van der Waals surface area (Å²) >= 11 is 0. The number of amides is 1. The van der Waals surface area contributed by atoms with E-state index < -0.39 is 6.04 Å². The van der Waals surface area contributed by atoms with Crippen LogP contribution < -0.4 is 5.73 Å². The highest BCUT2D eigenvalue weighted by Crippen LogP contribution is 2.12. The van der Waals surface area contributed by atoms with E-state index in [4.69, 9.17) is 5.73 Å². The Labute approximate surface area is 110 Å². The molecule has 0 aliphatic rings. The molecule has 0 aliphatic heterocycles. The van der Waals surface area contributed by atoms with Crippen LogP contribution in [0.5, 0.6) is 0 Å². The maximum absolute atomic E-state index is 12.6. The van der Waals surface area contributed by atoms with Gasteiger partial charge in [0.05, 0.1) is 0 Å². The molecule has 0 fully saturated rings. The quantitative estimate of drug-likeness (QED) is 0.884. The molecule has 1 amide bonds. The molecule has 1 aromatic rings. The molecule has 0 saturated heterocycles. The highest BCUT2D eigenvalue weighted by molar-refractivity contribution is 5.82. The minimum absolute atomic E-state index is 0.198. The molecule has 0 bridgehead atoms. The van der Waals surface area contributed by atoms with E-state index in [0.29, 0.717) is 5.56 Å². The van der Waals surface area contributed by atoms with E-state index in [9.17, 15) is 9.18 Å². The van der Waals surface area contributed by atoms with Crippen LogP contribution in [0, 0.1) is 5.82 Å². The zero-order valence-corrected chi connectivity index (χ0v) is 12.2. The lowest BCUT2D eigenvalue weighted by molar-refractivity contribution is -0.130. The maximum Gasteiger partial charge on any atom is 0.243 e. The number of hydrogen-bond donors (Lipinski definition) is 1. The SMILES string of the molecule is CC.CC.CN(C)C(=O)C(N)c1ccc(F)cc1. The first-order valence-corrected chi connectivity index (χ1v) is 6.24. The van der Waals surface area contributed by atoms with Crippen LogP contribution in [0.3, 0.4) is 0 Å². The van der Waals surface area contributed by atoms with Gasteiger partial charge in [0.15, 0.2) is 0 Å². The fraction of sp³-hybridized carbons (Fsp3) is 0.500.